The summed E-state index contributed by atoms with van der Waals surface area (Å²) < 4.78 is 25.3. The largest absolute Gasteiger partial charge is 0.524 e. The molecule has 266 valence electrons. The maximum absolute atomic E-state index is 12.9. The standard InChI is InChI=1S/C23H28N6O2.C10H11O8P/c1-5-10-28(4)23(31)18-12-29-20(15(18)3)21(24-13-25-29)27-19-11-16(7-6-14(19)2)22(30)26-17-8-9-17;11-6-16-7-17-10(12)5-8-1-3-9(4-2-8)18-19(13,14)15/h6-7,11-13,17H,5,8-10H2,1-4H3,(H,26,30)(H,24,25,27);1-4,6H,5,7H2,(H2,13,14,15). The molecular weight excluding hydrogens is 671 g/mol. The van der Waals surface area contributed by atoms with E-state index in [-0.39, 0.29) is 30.5 Å². The number of phosphoric ester groups is 1. The summed E-state index contributed by atoms with van der Waals surface area (Å²) in [4.78, 5) is 69.7. The van der Waals surface area contributed by atoms with Crippen molar-refractivity contribution in [3.05, 3.63) is 82.8 Å². The van der Waals surface area contributed by atoms with Crippen LogP contribution < -0.4 is 15.2 Å². The highest BCUT2D eigenvalue weighted by molar-refractivity contribution is 7.46. The minimum Gasteiger partial charge on any atom is -0.430 e. The zero-order chi connectivity index (χ0) is 36.4. The fourth-order valence-electron chi connectivity index (χ4n) is 4.78. The van der Waals surface area contributed by atoms with E-state index in [1.54, 1.807) is 22.7 Å². The van der Waals surface area contributed by atoms with Crippen LogP contribution in [0.2, 0.25) is 0 Å². The molecule has 0 radical (unpaired) electrons. The van der Waals surface area contributed by atoms with Crippen LogP contribution in [0.25, 0.3) is 5.52 Å². The predicted molar refractivity (Wildman–Crippen MR) is 181 cm³/mol. The van der Waals surface area contributed by atoms with Gasteiger partial charge < -0.3 is 29.5 Å². The average molecular weight is 711 g/mol. The Bertz CT molecular complexity index is 1890. The van der Waals surface area contributed by atoms with Gasteiger partial charge in [-0.1, -0.05) is 25.1 Å². The van der Waals surface area contributed by atoms with E-state index < -0.39 is 20.6 Å². The van der Waals surface area contributed by atoms with Gasteiger partial charge >= 0.3 is 13.8 Å². The van der Waals surface area contributed by atoms with Crippen LogP contribution in [0.15, 0.2) is 55.0 Å². The van der Waals surface area contributed by atoms with Crippen molar-refractivity contribution in [2.24, 2.45) is 0 Å². The van der Waals surface area contributed by atoms with Gasteiger partial charge in [-0.3, -0.25) is 29.0 Å². The first kappa shape index (κ1) is 37.5. The molecule has 4 aromatic rings. The topological polar surface area (TPSA) is 211 Å². The van der Waals surface area contributed by atoms with Gasteiger partial charge in [-0.2, -0.15) is 5.10 Å². The van der Waals surface area contributed by atoms with Crippen molar-refractivity contribution in [2.75, 3.05) is 25.7 Å². The summed E-state index contributed by atoms with van der Waals surface area (Å²) >= 11 is 0. The van der Waals surface area contributed by atoms with Gasteiger partial charge in [0.25, 0.3) is 18.3 Å². The van der Waals surface area contributed by atoms with Crippen molar-refractivity contribution in [3.8, 4) is 5.75 Å². The number of nitrogens with zero attached hydrogens (tertiary/aromatic N) is 4. The summed E-state index contributed by atoms with van der Waals surface area (Å²) in [7, 11) is -2.78. The maximum Gasteiger partial charge on any atom is 0.524 e. The number of anilines is 2. The molecule has 2 aromatic heterocycles. The number of aryl methyl sites for hydroxylation is 2. The molecule has 0 atom stereocenters. The first-order valence-electron chi connectivity index (χ1n) is 15.6. The van der Waals surface area contributed by atoms with Crippen LogP contribution in [0.1, 0.15) is 63.6 Å². The molecule has 0 aliphatic heterocycles. The maximum atomic E-state index is 12.9. The molecule has 0 bridgehead atoms. The van der Waals surface area contributed by atoms with E-state index in [1.165, 1.54) is 30.6 Å². The average Bonchev–Trinajstić information content (AvgIpc) is 3.82. The van der Waals surface area contributed by atoms with Crippen molar-refractivity contribution in [1.82, 2.24) is 24.8 Å². The van der Waals surface area contributed by atoms with E-state index in [0.29, 0.717) is 35.1 Å². The molecule has 1 aliphatic rings. The Hall–Kier alpha value is -5.31. The molecule has 2 amide bonds. The fourth-order valence-corrected chi connectivity index (χ4v) is 5.18. The second-order valence-electron chi connectivity index (χ2n) is 11.5. The molecule has 16 nitrogen and oxygen atoms in total. The second kappa shape index (κ2) is 16.9. The first-order chi connectivity index (χ1) is 23.8. The summed E-state index contributed by atoms with van der Waals surface area (Å²) in [6.07, 6.45) is 6.12. The summed E-state index contributed by atoms with van der Waals surface area (Å²) in [5, 5.41) is 10.7. The van der Waals surface area contributed by atoms with Crippen LogP contribution in [0.4, 0.5) is 11.5 Å². The normalized spacial score (nSPS) is 12.3. The fraction of sp³-hybridized carbons (Fsp3) is 0.333. The highest BCUT2D eigenvalue weighted by atomic mass is 31.2. The van der Waals surface area contributed by atoms with Crippen LogP contribution in [0.5, 0.6) is 5.75 Å². The van der Waals surface area contributed by atoms with Crippen molar-refractivity contribution in [3.63, 3.8) is 0 Å². The van der Waals surface area contributed by atoms with Gasteiger partial charge in [0.05, 0.1) is 12.0 Å². The zero-order valence-corrected chi connectivity index (χ0v) is 28.9. The van der Waals surface area contributed by atoms with Gasteiger partial charge in [-0.15, -0.1) is 0 Å². The Morgan fingerprint density at radius 1 is 1.12 bits per heavy atom. The van der Waals surface area contributed by atoms with Crippen LogP contribution in [-0.4, -0.2) is 80.0 Å². The molecule has 50 heavy (non-hydrogen) atoms. The molecule has 2 heterocycles. The summed E-state index contributed by atoms with van der Waals surface area (Å²) in [6.45, 7) is 6.31. The number of rotatable bonds is 14. The number of aromatic nitrogens is 3. The quantitative estimate of drug-likeness (QED) is 0.0482. The minimum absolute atomic E-state index is 0.0188. The molecule has 1 saturated carbocycles. The molecule has 0 unspecified atom stereocenters. The zero-order valence-electron chi connectivity index (χ0n) is 28.0. The van der Waals surface area contributed by atoms with E-state index in [9.17, 15) is 23.7 Å². The number of phosphoric acid groups is 1. The molecule has 1 aliphatic carbocycles. The number of hydrogen-bond acceptors (Lipinski definition) is 11. The number of carbonyl (C=O) groups excluding carboxylic acids is 4. The molecular formula is C33H39N6O10P. The minimum atomic E-state index is -4.59. The highest BCUT2D eigenvalue weighted by Gasteiger charge is 2.24. The van der Waals surface area contributed by atoms with Gasteiger partial charge in [0.2, 0.25) is 6.79 Å². The lowest BCUT2D eigenvalue weighted by Crippen LogP contribution is -2.27. The van der Waals surface area contributed by atoms with E-state index in [4.69, 9.17) is 9.79 Å². The Morgan fingerprint density at radius 3 is 2.48 bits per heavy atom. The Kier molecular flexibility index (Phi) is 12.7. The van der Waals surface area contributed by atoms with Crippen LogP contribution in [0.3, 0.4) is 0 Å². The third-order valence-electron chi connectivity index (χ3n) is 7.48. The Balaban J connectivity index is 0.000000255. The van der Waals surface area contributed by atoms with Crippen molar-refractivity contribution < 1.29 is 47.5 Å². The molecule has 1 fully saturated rings. The monoisotopic (exact) mass is 710 g/mol. The second-order valence-corrected chi connectivity index (χ2v) is 12.7. The lowest BCUT2D eigenvalue weighted by atomic mass is 10.1. The summed E-state index contributed by atoms with van der Waals surface area (Å²) in [5.41, 5.74) is 5.10. The number of amides is 2. The number of fused-ring (bicyclic) bond motifs is 1. The third-order valence-corrected chi connectivity index (χ3v) is 7.93. The highest BCUT2D eigenvalue weighted by Crippen LogP contribution is 2.37. The lowest BCUT2D eigenvalue weighted by molar-refractivity contribution is -0.159. The van der Waals surface area contributed by atoms with Crippen LogP contribution >= 0.6 is 7.82 Å². The number of ether oxygens (including phenoxy) is 2. The van der Waals surface area contributed by atoms with E-state index in [0.717, 1.165) is 41.6 Å². The summed E-state index contributed by atoms with van der Waals surface area (Å²) in [6, 6.07) is 11.4. The van der Waals surface area contributed by atoms with Gasteiger partial charge in [0.1, 0.15) is 17.6 Å². The molecule has 5 rings (SSSR count). The lowest BCUT2D eigenvalue weighted by Gasteiger charge is -2.15. The Labute approximate surface area is 288 Å². The molecule has 0 spiro atoms. The SMILES string of the molecule is CCCN(C)C(=O)c1cn2ncnc(Nc3cc(C(=O)NC4CC4)ccc3C)c2c1C.O=COCOC(=O)Cc1ccc(OP(=O)(O)O)cc1. The van der Waals surface area contributed by atoms with E-state index >= 15 is 0 Å². The predicted octanol–water partition coefficient (Wildman–Crippen LogP) is 3.84. The third kappa shape index (κ3) is 10.6. The molecule has 4 N–H and O–H groups in total. The van der Waals surface area contributed by atoms with E-state index in [2.05, 4.69) is 34.7 Å². The smallest absolute Gasteiger partial charge is 0.430 e. The van der Waals surface area contributed by atoms with Gasteiger partial charge in [0, 0.05) is 37.1 Å². The first-order valence-corrected chi connectivity index (χ1v) is 17.1. The van der Waals surface area contributed by atoms with Crippen molar-refractivity contribution in [2.45, 2.75) is 52.5 Å². The molecule has 2 aromatic carbocycles. The number of esters is 1. The van der Waals surface area contributed by atoms with Gasteiger partial charge in [-0.25, -0.2) is 14.1 Å². The van der Waals surface area contributed by atoms with Crippen molar-refractivity contribution in [1.29, 1.82) is 0 Å². The van der Waals surface area contributed by atoms with Gasteiger partial charge in [-0.05, 0) is 74.1 Å². The number of benzene rings is 2. The number of nitrogens with one attached hydrogen (secondary N) is 2. The Morgan fingerprint density at radius 2 is 1.84 bits per heavy atom. The summed E-state index contributed by atoms with van der Waals surface area (Å²) in [5.74, 6) is -0.136. The van der Waals surface area contributed by atoms with Crippen LogP contribution in [-0.2, 0) is 30.0 Å². The van der Waals surface area contributed by atoms with Crippen LogP contribution in [0, 0.1) is 13.8 Å². The molecule has 17 heteroatoms. The van der Waals surface area contributed by atoms with Gasteiger partial charge in [0.15, 0.2) is 5.82 Å². The number of carbonyl (C=O) groups is 4. The number of hydrogen-bond donors (Lipinski definition) is 4. The van der Waals surface area contributed by atoms with Crippen molar-refractivity contribution >= 4 is 49.1 Å². The molecule has 0 saturated heterocycles. The van der Waals surface area contributed by atoms with E-state index in [1.807, 2.05) is 39.0 Å².